The van der Waals surface area contributed by atoms with E-state index >= 15 is 0 Å². The number of halogens is 2. The summed E-state index contributed by atoms with van der Waals surface area (Å²) in [4.78, 5) is 3.53. The van der Waals surface area contributed by atoms with Gasteiger partial charge < -0.3 is 5.73 Å². The van der Waals surface area contributed by atoms with Crippen LogP contribution in [0.2, 0.25) is 5.02 Å². The first-order valence-corrected chi connectivity index (χ1v) is 7.36. The molecule has 8 heteroatoms. The molecule has 0 amide bonds. The number of nitrogen functional groups attached to an aromatic ring is 1. The second-order valence-corrected chi connectivity index (χ2v) is 6.19. The molecule has 1 aromatic heterocycles. The molecule has 0 aliphatic rings. The van der Waals surface area contributed by atoms with Crippen LogP contribution in [-0.2, 0) is 10.0 Å². The largest absolute Gasteiger partial charge is 0.382 e. The van der Waals surface area contributed by atoms with Crippen molar-refractivity contribution in [2.75, 3.05) is 10.5 Å². The molecule has 0 radical (unpaired) electrons. The first-order valence-electron chi connectivity index (χ1n) is 5.49. The van der Waals surface area contributed by atoms with Gasteiger partial charge in [-0.15, -0.1) is 0 Å². The van der Waals surface area contributed by atoms with Gasteiger partial charge in [-0.05, 0) is 30.7 Å². The van der Waals surface area contributed by atoms with Gasteiger partial charge in [-0.1, -0.05) is 17.7 Å². The summed E-state index contributed by atoms with van der Waals surface area (Å²) < 4.78 is 39.8. The SMILES string of the molecule is Cc1ccc(F)cc1NS(=O)(=O)c1cnc(N)c(Cl)c1. The van der Waals surface area contributed by atoms with Crippen LogP contribution in [0, 0.1) is 12.7 Å². The molecular formula is C12H11ClFN3O2S. The number of benzene rings is 1. The van der Waals surface area contributed by atoms with E-state index in [-0.39, 0.29) is 21.4 Å². The van der Waals surface area contributed by atoms with Gasteiger partial charge in [-0.3, -0.25) is 4.72 Å². The molecule has 1 heterocycles. The van der Waals surface area contributed by atoms with Gasteiger partial charge in [0.25, 0.3) is 10.0 Å². The summed E-state index contributed by atoms with van der Waals surface area (Å²) in [5, 5.41) is 0.0313. The maximum absolute atomic E-state index is 13.2. The summed E-state index contributed by atoms with van der Waals surface area (Å²) in [7, 11) is -3.91. The van der Waals surface area contributed by atoms with Gasteiger partial charge in [-0.2, -0.15) is 0 Å². The quantitative estimate of drug-likeness (QED) is 0.911. The van der Waals surface area contributed by atoms with E-state index in [0.717, 1.165) is 12.3 Å². The number of pyridine rings is 1. The third-order valence-electron chi connectivity index (χ3n) is 2.60. The number of nitrogens with two attached hydrogens (primary N) is 1. The summed E-state index contributed by atoms with van der Waals surface area (Å²) >= 11 is 5.74. The Morgan fingerprint density at radius 2 is 2.05 bits per heavy atom. The monoisotopic (exact) mass is 315 g/mol. The van der Waals surface area contributed by atoms with E-state index in [0.29, 0.717) is 5.56 Å². The molecule has 106 valence electrons. The van der Waals surface area contributed by atoms with Crippen LogP contribution in [0.3, 0.4) is 0 Å². The zero-order valence-electron chi connectivity index (χ0n) is 10.4. The molecule has 20 heavy (non-hydrogen) atoms. The van der Waals surface area contributed by atoms with Crippen LogP contribution in [0.25, 0.3) is 0 Å². The fourth-order valence-electron chi connectivity index (χ4n) is 1.49. The van der Waals surface area contributed by atoms with Crippen molar-refractivity contribution in [1.29, 1.82) is 0 Å². The predicted molar refractivity (Wildman–Crippen MR) is 75.6 cm³/mol. The van der Waals surface area contributed by atoms with E-state index in [1.165, 1.54) is 18.2 Å². The lowest BCUT2D eigenvalue weighted by molar-refractivity contribution is 0.600. The molecule has 0 bridgehead atoms. The van der Waals surface area contributed by atoms with Crippen LogP contribution < -0.4 is 10.5 Å². The Bertz CT molecular complexity index is 765. The summed E-state index contributed by atoms with van der Waals surface area (Å²) in [6.07, 6.45) is 1.08. The Balaban J connectivity index is 2.40. The van der Waals surface area contributed by atoms with Gasteiger partial charge in [0, 0.05) is 6.20 Å². The van der Waals surface area contributed by atoms with Crippen molar-refractivity contribution in [3.63, 3.8) is 0 Å². The summed E-state index contributed by atoms with van der Waals surface area (Å²) in [6, 6.07) is 5.00. The number of sulfonamides is 1. The van der Waals surface area contributed by atoms with Gasteiger partial charge >= 0.3 is 0 Å². The number of hydrogen-bond acceptors (Lipinski definition) is 4. The Labute approximate surface area is 120 Å². The van der Waals surface area contributed by atoms with Gasteiger partial charge in [0.05, 0.1) is 10.7 Å². The smallest absolute Gasteiger partial charge is 0.263 e. The van der Waals surface area contributed by atoms with Gasteiger partial charge in [0.2, 0.25) is 0 Å². The van der Waals surface area contributed by atoms with Crippen molar-refractivity contribution in [2.24, 2.45) is 0 Å². The molecule has 0 unspecified atom stereocenters. The highest BCUT2D eigenvalue weighted by molar-refractivity contribution is 7.92. The fourth-order valence-corrected chi connectivity index (χ4v) is 2.81. The van der Waals surface area contributed by atoms with Gasteiger partial charge in [0.1, 0.15) is 16.5 Å². The number of aryl methyl sites for hydroxylation is 1. The average molecular weight is 316 g/mol. The topological polar surface area (TPSA) is 85.1 Å². The lowest BCUT2D eigenvalue weighted by Crippen LogP contribution is -2.14. The maximum Gasteiger partial charge on any atom is 0.263 e. The number of nitrogens with zero attached hydrogens (tertiary/aromatic N) is 1. The van der Waals surface area contributed by atoms with Gasteiger partial charge in [-0.25, -0.2) is 17.8 Å². The molecule has 0 aliphatic carbocycles. The predicted octanol–water partition coefficient (Wildman–Crippen LogP) is 2.57. The van der Waals surface area contributed by atoms with E-state index < -0.39 is 15.8 Å². The number of hydrogen-bond donors (Lipinski definition) is 2. The minimum absolute atomic E-state index is 0.0313. The Hall–Kier alpha value is -1.86. The molecule has 0 saturated carbocycles. The third-order valence-corrected chi connectivity index (χ3v) is 4.23. The van der Waals surface area contributed by atoms with Crippen molar-refractivity contribution < 1.29 is 12.8 Å². The lowest BCUT2D eigenvalue weighted by atomic mass is 10.2. The Kier molecular flexibility index (Phi) is 3.82. The number of anilines is 2. The van der Waals surface area contributed by atoms with Gasteiger partial charge in [0.15, 0.2) is 0 Å². The lowest BCUT2D eigenvalue weighted by Gasteiger charge is -2.11. The Morgan fingerprint density at radius 1 is 1.35 bits per heavy atom. The van der Waals surface area contributed by atoms with Crippen LogP contribution in [0.5, 0.6) is 0 Å². The number of nitrogens with one attached hydrogen (secondary N) is 1. The molecular weight excluding hydrogens is 305 g/mol. The molecule has 1 aromatic carbocycles. The summed E-state index contributed by atoms with van der Waals surface area (Å²) in [5.74, 6) is -0.505. The Morgan fingerprint density at radius 3 is 2.70 bits per heavy atom. The minimum Gasteiger partial charge on any atom is -0.382 e. The standard InChI is InChI=1S/C12H11ClFN3O2S/c1-7-2-3-8(14)4-11(7)17-20(18,19)9-5-10(13)12(15)16-6-9/h2-6,17H,1H3,(H2,15,16). The molecule has 0 fully saturated rings. The van der Waals surface area contributed by atoms with Crippen LogP contribution in [0.4, 0.5) is 15.9 Å². The van der Waals surface area contributed by atoms with E-state index in [2.05, 4.69) is 9.71 Å². The molecule has 2 aromatic rings. The molecule has 5 nitrogen and oxygen atoms in total. The minimum atomic E-state index is -3.91. The zero-order chi connectivity index (χ0) is 14.9. The second kappa shape index (κ2) is 5.26. The third kappa shape index (κ3) is 3.00. The maximum atomic E-state index is 13.2. The average Bonchev–Trinajstić information content (AvgIpc) is 2.36. The molecule has 3 N–H and O–H groups in total. The summed E-state index contributed by atoms with van der Waals surface area (Å²) in [6.45, 7) is 1.66. The van der Waals surface area contributed by atoms with Crippen molar-refractivity contribution >= 4 is 33.1 Å². The van der Waals surface area contributed by atoms with Crippen LogP contribution >= 0.6 is 11.6 Å². The van der Waals surface area contributed by atoms with Crippen molar-refractivity contribution in [3.8, 4) is 0 Å². The van der Waals surface area contributed by atoms with E-state index in [4.69, 9.17) is 17.3 Å². The van der Waals surface area contributed by atoms with E-state index in [1.807, 2.05) is 0 Å². The van der Waals surface area contributed by atoms with Crippen molar-refractivity contribution in [3.05, 3.63) is 46.9 Å². The van der Waals surface area contributed by atoms with E-state index in [1.54, 1.807) is 6.92 Å². The van der Waals surface area contributed by atoms with E-state index in [9.17, 15) is 12.8 Å². The molecule has 2 rings (SSSR count). The van der Waals surface area contributed by atoms with Crippen LogP contribution in [0.1, 0.15) is 5.56 Å². The highest BCUT2D eigenvalue weighted by atomic mass is 35.5. The number of aromatic nitrogens is 1. The zero-order valence-corrected chi connectivity index (χ0v) is 12.0. The molecule has 0 saturated heterocycles. The highest BCUT2D eigenvalue weighted by Gasteiger charge is 2.17. The second-order valence-electron chi connectivity index (χ2n) is 4.10. The normalized spacial score (nSPS) is 11.3. The highest BCUT2D eigenvalue weighted by Crippen LogP contribution is 2.23. The van der Waals surface area contributed by atoms with Crippen molar-refractivity contribution in [2.45, 2.75) is 11.8 Å². The van der Waals surface area contributed by atoms with Crippen molar-refractivity contribution in [1.82, 2.24) is 4.98 Å². The fraction of sp³-hybridized carbons (Fsp3) is 0.0833. The molecule has 0 aliphatic heterocycles. The first-order chi connectivity index (χ1) is 9.29. The van der Waals surface area contributed by atoms with Crippen LogP contribution in [-0.4, -0.2) is 13.4 Å². The van der Waals surface area contributed by atoms with Crippen LogP contribution in [0.15, 0.2) is 35.4 Å². The molecule has 0 atom stereocenters. The molecule has 0 spiro atoms. The summed E-state index contributed by atoms with van der Waals surface area (Å²) in [5.41, 5.74) is 6.16. The number of rotatable bonds is 3. The first kappa shape index (κ1) is 14.5.